The highest BCUT2D eigenvalue weighted by atomic mass is 16.5. The van der Waals surface area contributed by atoms with Crippen LogP contribution in [-0.2, 0) is 4.79 Å². The van der Waals surface area contributed by atoms with E-state index in [0.717, 1.165) is 5.56 Å². The van der Waals surface area contributed by atoms with Crippen LogP contribution < -0.4 is 15.6 Å². The van der Waals surface area contributed by atoms with Gasteiger partial charge in [-0.1, -0.05) is 30.3 Å². The third-order valence-electron chi connectivity index (χ3n) is 5.09. The molecule has 1 atom stereocenters. The van der Waals surface area contributed by atoms with Crippen LogP contribution in [0.3, 0.4) is 0 Å². The number of carbonyl (C=O) groups excluding carboxylic acids is 1. The summed E-state index contributed by atoms with van der Waals surface area (Å²) >= 11 is 0. The lowest BCUT2D eigenvalue weighted by Crippen LogP contribution is -2.30. The van der Waals surface area contributed by atoms with Crippen molar-refractivity contribution in [1.29, 1.82) is 0 Å². The Morgan fingerprint density at radius 1 is 1.00 bits per heavy atom. The zero-order valence-electron chi connectivity index (χ0n) is 17.6. The molecule has 0 saturated carbocycles. The Balaban J connectivity index is 1.58. The van der Waals surface area contributed by atoms with Crippen LogP contribution in [0.5, 0.6) is 5.75 Å². The molecule has 0 unspecified atom stereocenters. The summed E-state index contributed by atoms with van der Waals surface area (Å²) in [5.74, 6) is 0.987. The number of aryl methyl sites for hydroxylation is 2. The Hall–Kier alpha value is -3.93. The molecule has 1 N–H and O–H groups in total. The third kappa shape index (κ3) is 4.19. The Bertz CT molecular complexity index is 1310. The van der Waals surface area contributed by atoms with Gasteiger partial charge in [0.25, 0.3) is 11.5 Å². The standard InChI is InChI=1S/C25H23N3O3/c1-16-15-19(28-18(3)26-23-12-8-7-11-21(23)25(28)30)13-14-22(16)27-24(29)17(2)31-20-9-5-4-6-10-20/h4-15,17H,1-3H3,(H,27,29)/t17-/m1/s1. The second kappa shape index (κ2) is 8.44. The summed E-state index contributed by atoms with van der Waals surface area (Å²) < 4.78 is 7.27. The molecule has 31 heavy (non-hydrogen) atoms. The summed E-state index contributed by atoms with van der Waals surface area (Å²) in [7, 11) is 0. The molecule has 1 heterocycles. The molecule has 6 nitrogen and oxygen atoms in total. The van der Waals surface area contributed by atoms with Crippen molar-refractivity contribution in [2.24, 2.45) is 0 Å². The average Bonchev–Trinajstić information content (AvgIpc) is 2.76. The van der Waals surface area contributed by atoms with Crippen molar-refractivity contribution in [2.75, 3.05) is 5.32 Å². The molecule has 0 saturated heterocycles. The monoisotopic (exact) mass is 413 g/mol. The van der Waals surface area contributed by atoms with Crippen molar-refractivity contribution < 1.29 is 9.53 Å². The normalized spacial score (nSPS) is 11.8. The fraction of sp³-hybridized carbons (Fsp3) is 0.160. The van der Waals surface area contributed by atoms with Gasteiger partial charge in [-0.2, -0.15) is 0 Å². The number of fused-ring (bicyclic) bond motifs is 1. The van der Waals surface area contributed by atoms with E-state index >= 15 is 0 Å². The van der Waals surface area contributed by atoms with E-state index in [2.05, 4.69) is 10.3 Å². The van der Waals surface area contributed by atoms with Crippen LogP contribution in [0.1, 0.15) is 18.3 Å². The number of nitrogens with zero attached hydrogens (tertiary/aromatic N) is 2. The maximum absolute atomic E-state index is 13.0. The summed E-state index contributed by atoms with van der Waals surface area (Å²) in [5.41, 5.74) is 2.75. The predicted octanol–water partition coefficient (Wildman–Crippen LogP) is 4.41. The van der Waals surface area contributed by atoms with E-state index in [4.69, 9.17) is 4.74 Å². The largest absolute Gasteiger partial charge is 0.481 e. The highest BCUT2D eigenvalue weighted by Crippen LogP contribution is 2.21. The van der Waals surface area contributed by atoms with Gasteiger partial charge in [0, 0.05) is 5.69 Å². The second-order valence-corrected chi connectivity index (χ2v) is 7.38. The highest BCUT2D eigenvalue weighted by Gasteiger charge is 2.16. The maximum Gasteiger partial charge on any atom is 0.265 e. The molecule has 3 aromatic carbocycles. The summed E-state index contributed by atoms with van der Waals surface area (Å²) in [6.07, 6.45) is -0.656. The molecule has 1 aromatic heterocycles. The second-order valence-electron chi connectivity index (χ2n) is 7.38. The molecule has 0 fully saturated rings. The van der Waals surface area contributed by atoms with Crippen LogP contribution in [0.2, 0.25) is 0 Å². The summed E-state index contributed by atoms with van der Waals surface area (Å²) in [5, 5.41) is 3.47. The van der Waals surface area contributed by atoms with Gasteiger partial charge >= 0.3 is 0 Å². The summed E-state index contributed by atoms with van der Waals surface area (Å²) in [6, 6.07) is 22.0. The number of aromatic nitrogens is 2. The molecular weight excluding hydrogens is 390 g/mol. The number of hydrogen-bond acceptors (Lipinski definition) is 4. The van der Waals surface area contributed by atoms with Crippen LogP contribution >= 0.6 is 0 Å². The van der Waals surface area contributed by atoms with E-state index in [1.807, 2.05) is 68.4 Å². The average molecular weight is 413 g/mol. The number of hydrogen-bond donors (Lipinski definition) is 1. The number of anilines is 1. The maximum atomic E-state index is 13.0. The Morgan fingerprint density at radius 2 is 1.71 bits per heavy atom. The number of benzene rings is 3. The van der Waals surface area contributed by atoms with E-state index in [1.54, 1.807) is 29.7 Å². The van der Waals surface area contributed by atoms with Gasteiger partial charge in [-0.25, -0.2) is 4.98 Å². The molecule has 0 aliphatic heterocycles. The van der Waals surface area contributed by atoms with Gasteiger partial charge in [-0.15, -0.1) is 0 Å². The molecule has 0 spiro atoms. The number of amides is 1. The number of ether oxygens (including phenoxy) is 1. The number of rotatable bonds is 5. The van der Waals surface area contributed by atoms with Crippen molar-refractivity contribution in [3.05, 3.63) is 94.5 Å². The smallest absolute Gasteiger partial charge is 0.265 e. The molecule has 4 rings (SSSR count). The fourth-order valence-corrected chi connectivity index (χ4v) is 3.47. The zero-order chi connectivity index (χ0) is 22.0. The minimum absolute atomic E-state index is 0.121. The molecule has 0 aliphatic rings. The van der Waals surface area contributed by atoms with Gasteiger partial charge in [0.05, 0.1) is 16.6 Å². The van der Waals surface area contributed by atoms with Crippen molar-refractivity contribution in [3.63, 3.8) is 0 Å². The van der Waals surface area contributed by atoms with Gasteiger partial charge in [0.15, 0.2) is 6.10 Å². The van der Waals surface area contributed by atoms with Crippen LogP contribution in [0.15, 0.2) is 77.6 Å². The molecule has 156 valence electrons. The van der Waals surface area contributed by atoms with Crippen molar-refractivity contribution >= 4 is 22.5 Å². The van der Waals surface area contributed by atoms with Crippen molar-refractivity contribution in [3.8, 4) is 11.4 Å². The van der Waals surface area contributed by atoms with Gasteiger partial charge in [-0.05, 0) is 68.8 Å². The number of nitrogens with one attached hydrogen (secondary N) is 1. The number of para-hydroxylation sites is 2. The number of carbonyl (C=O) groups is 1. The minimum atomic E-state index is -0.656. The van der Waals surface area contributed by atoms with E-state index < -0.39 is 6.10 Å². The molecule has 6 heteroatoms. The van der Waals surface area contributed by atoms with Crippen LogP contribution in [-0.4, -0.2) is 21.6 Å². The Morgan fingerprint density at radius 3 is 2.45 bits per heavy atom. The first-order valence-corrected chi connectivity index (χ1v) is 10.1. The van der Waals surface area contributed by atoms with Gasteiger partial charge in [0.1, 0.15) is 11.6 Å². The summed E-state index contributed by atoms with van der Waals surface area (Å²) in [6.45, 7) is 5.40. The van der Waals surface area contributed by atoms with Gasteiger partial charge in [0.2, 0.25) is 0 Å². The predicted molar refractivity (Wildman–Crippen MR) is 122 cm³/mol. The first-order valence-electron chi connectivity index (χ1n) is 10.1. The van der Waals surface area contributed by atoms with Crippen molar-refractivity contribution in [1.82, 2.24) is 9.55 Å². The van der Waals surface area contributed by atoms with Gasteiger partial charge < -0.3 is 10.1 Å². The summed E-state index contributed by atoms with van der Waals surface area (Å²) in [4.78, 5) is 30.2. The SMILES string of the molecule is Cc1cc(-n2c(C)nc3ccccc3c2=O)ccc1NC(=O)[C@@H](C)Oc1ccccc1. The van der Waals surface area contributed by atoms with Crippen LogP contribution in [0.25, 0.3) is 16.6 Å². The van der Waals surface area contributed by atoms with E-state index in [-0.39, 0.29) is 11.5 Å². The highest BCUT2D eigenvalue weighted by molar-refractivity contribution is 5.94. The lowest BCUT2D eigenvalue weighted by molar-refractivity contribution is -0.122. The molecule has 4 aromatic rings. The first kappa shape index (κ1) is 20.3. The van der Waals surface area contributed by atoms with Crippen LogP contribution in [0, 0.1) is 13.8 Å². The first-order chi connectivity index (χ1) is 14.9. The Kier molecular flexibility index (Phi) is 5.54. The van der Waals surface area contributed by atoms with E-state index in [1.165, 1.54) is 0 Å². The zero-order valence-corrected chi connectivity index (χ0v) is 17.6. The van der Waals surface area contributed by atoms with Gasteiger partial charge in [-0.3, -0.25) is 14.2 Å². The lowest BCUT2D eigenvalue weighted by atomic mass is 10.1. The third-order valence-corrected chi connectivity index (χ3v) is 5.09. The fourth-order valence-electron chi connectivity index (χ4n) is 3.47. The molecule has 0 bridgehead atoms. The minimum Gasteiger partial charge on any atom is -0.481 e. The van der Waals surface area contributed by atoms with Crippen LogP contribution in [0.4, 0.5) is 5.69 Å². The van der Waals surface area contributed by atoms with Crippen molar-refractivity contribution in [2.45, 2.75) is 26.9 Å². The topological polar surface area (TPSA) is 73.2 Å². The van der Waals surface area contributed by atoms with E-state index in [9.17, 15) is 9.59 Å². The lowest BCUT2D eigenvalue weighted by Gasteiger charge is -2.17. The Labute approximate surface area is 180 Å². The molecule has 1 amide bonds. The van der Waals surface area contributed by atoms with E-state index in [0.29, 0.717) is 33.9 Å². The quantitative estimate of drug-likeness (QED) is 0.526. The molecule has 0 radical (unpaired) electrons. The molecular formula is C25H23N3O3. The molecule has 0 aliphatic carbocycles.